The summed E-state index contributed by atoms with van der Waals surface area (Å²) in [5.74, 6) is -0.237. The Morgan fingerprint density at radius 3 is 2.40 bits per heavy atom. The Labute approximate surface area is 177 Å². The van der Waals surface area contributed by atoms with Crippen molar-refractivity contribution in [2.24, 2.45) is 0 Å². The molecule has 0 saturated heterocycles. The Morgan fingerprint density at radius 2 is 1.63 bits per heavy atom. The Kier molecular flexibility index (Phi) is 5.40. The molecule has 0 spiro atoms. The van der Waals surface area contributed by atoms with E-state index >= 15 is 0 Å². The molecule has 30 heavy (non-hydrogen) atoms. The summed E-state index contributed by atoms with van der Waals surface area (Å²) in [5, 5.41) is 3.08. The number of amides is 2. The summed E-state index contributed by atoms with van der Waals surface area (Å²) >= 11 is 0. The summed E-state index contributed by atoms with van der Waals surface area (Å²) in [6.45, 7) is 4.74. The first-order valence-electron chi connectivity index (χ1n) is 10.3. The fourth-order valence-electron chi connectivity index (χ4n) is 4.11. The molecule has 4 rings (SSSR count). The van der Waals surface area contributed by atoms with Gasteiger partial charge in [0.1, 0.15) is 5.54 Å². The van der Waals surface area contributed by atoms with Gasteiger partial charge in [-0.2, -0.15) is 0 Å². The third-order valence-electron chi connectivity index (χ3n) is 6.00. The molecule has 4 nitrogen and oxygen atoms in total. The van der Waals surface area contributed by atoms with Crippen LogP contribution in [0.2, 0.25) is 0 Å². The minimum absolute atomic E-state index is 0.103. The highest BCUT2D eigenvalue weighted by molar-refractivity contribution is 6.02. The molecule has 0 bridgehead atoms. The number of carbonyl (C=O) groups excluding carboxylic acids is 2. The Balaban J connectivity index is 1.65. The third kappa shape index (κ3) is 3.73. The number of hydrogen-bond donors (Lipinski definition) is 1. The number of aryl methyl sites for hydroxylation is 1. The van der Waals surface area contributed by atoms with Crippen molar-refractivity contribution in [3.05, 3.63) is 107 Å². The van der Waals surface area contributed by atoms with Gasteiger partial charge < -0.3 is 10.2 Å². The molecule has 1 aliphatic heterocycles. The first kappa shape index (κ1) is 19.9. The van der Waals surface area contributed by atoms with Gasteiger partial charge in [-0.15, -0.1) is 0 Å². The van der Waals surface area contributed by atoms with Crippen LogP contribution in [0.1, 0.15) is 39.5 Å². The van der Waals surface area contributed by atoms with E-state index in [1.807, 2.05) is 92.7 Å². The highest BCUT2D eigenvalue weighted by Gasteiger charge is 2.46. The second kappa shape index (κ2) is 8.15. The fraction of sp³-hybridized carbons (Fsp3) is 0.231. The van der Waals surface area contributed by atoms with Crippen LogP contribution in [-0.4, -0.2) is 22.3 Å². The van der Waals surface area contributed by atoms with Crippen LogP contribution in [-0.2, 0) is 24.3 Å². The maximum absolute atomic E-state index is 13.5. The number of nitrogens with one attached hydrogen (secondary N) is 1. The molecule has 0 unspecified atom stereocenters. The lowest BCUT2D eigenvalue weighted by Crippen LogP contribution is -2.62. The van der Waals surface area contributed by atoms with Gasteiger partial charge in [-0.3, -0.25) is 9.59 Å². The van der Waals surface area contributed by atoms with Gasteiger partial charge in [0.25, 0.3) is 5.91 Å². The van der Waals surface area contributed by atoms with Gasteiger partial charge in [0.05, 0.1) is 0 Å². The van der Waals surface area contributed by atoms with E-state index in [1.54, 1.807) is 4.90 Å². The molecule has 1 N–H and O–H groups in total. The van der Waals surface area contributed by atoms with Crippen LogP contribution in [0, 0.1) is 6.92 Å². The van der Waals surface area contributed by atoms with Crippen LogP contribution in [0.3, 0.4) is 0 Å². The van der Waals surface area contributed by atoms with E-state index in [1.165, 1.54) is 0 Å². The molecule has 0 saturated carbocycles. The topological polar surface area (TPSA) is 49.4 Å². The molecule has 1 atom stereocenters. The first-order chi connectivity index (χ1) is 14.5. The summed E-state index contributed by atoms with van der Waals surface area (Å²) in [5.41, 5.74) is 3.84. The molecule has 0 fully saturated rings. The van der Waals surface area contributed by atoms with Crippen molar-refractivity contribution in [1.29, 1.82) is 0 Å². The van der Waals surface area contributed by atoms with Crippen LogP contribution in [0.15, 0.2) is 78.9 Å². The highest BCUT2D eigenvalue weighted by atomic mass is 16.2. The number of fused-ring (bicyclic) bond motifs is 1. The maximum atomic E-state index is 13.5. The predicted octanol–water partition coefficient (Wildman–Crippen LogP) is 4.27. The van der Waals surface area contributed by atoms with Gasteiger partial charge in [0, 0.05) is 25.1 Å². The molecular formula is C26H26N2O2. The SMILES string of the molecule is Cc1ccccc1CNC(=O)[C@]1(C)Cc2ccccc2C(=O)N1Cc1ccccc1. The third-order valence-corrected chi connectivity index (χ3v) is 6.00. The lowest BCUT2D eigenvalue weighted by Gasteiger charge is -2.44. The zero-order chi connectivity index (χ0) is 21.1. The zero-order valence-corrected chi connectivity index (χ0v) is 17.4. The maximum Gasteiger partial charge on any atom is 0.255 e. The Morgan fingerprint density at radius 1 is 0.967 bits per heavy atom. The first-order valence-corrected chi connectivity index (χ1v) is 10.3. The molecule has 1 heterocycles. The molecule has 4 heteroatoms. The monoisotopic (exact) mass is 398 g/mol. The van der Waals surface area contributed by atoms with E-state index in [-0.39, 0.29) is 11.8 Å². The number of carbonyl (C=O) groups is 2. The van der Waals surface area contributed by atoms with Crippen molar-refractivity contribution in [3.8, 4) is 0 Å². The van der Waals surface area contributed by atoms with Gasteiger partial charge in [-0.1, -0.05) is 72.8 Å². The predicted molar refractivity (Wildman–Crippen MR) is 118 cm³/mol. The quantitative estimate of drug-likeness (QED) is 0.698. The molecule has 1 aliphatic rings. The second-order valence-corrected chi connectivity index (χ2v) is 8.09. The molecule has 2 amide bonds. The van der Waals surface area contributed by atoms with Crippen LogP contribution < -0.4 is 5.32 Å². The van der Waals surface area contributed by atoms with Crippen molar-refractivity contribution in [2.45, 2.75) is 38.9 Å². The second-order valence-electron chi connectivity index (χ2n) is 8.09. The minimum Gasteiger partial charge on any atom is -0.350 e. The largest absolute Gasteiger partial charge is 0.350 e. The molecule has 3 aromatic rings. The Hall–Kier alpha value is -3.40. The summed E-state index contributed by atoms with van der Waals surface area (Å²) in [6, 6.07) is 25.4. The van der Waals surface area contributed by atoms with E-state index in [4.69, 9.17) is 0 Å². The number of rotatable bonds is 5. The number of hydrogen-bond acceptors (Lipinski definition) is 2. The van der Waals surface area contributed by atoms with E-state index < -0.39 is 5.54 Å². The van der Waals surface area contributed by atoms with Crippen LogP contribution in [0.5, 0.6) is 0 Å². The number of benzene rings is 3. The lowest BCUT2D eigenvalue weighted by atomic mass is 9.82. The van der Waals surface area contributed by atoms with Crippen LogP contribution in [0.4, 0.5) is 0 Å². The van der Waals surface area contributed by atoms with E-state index in [0.717, 1.165) is 22.3 Å². The molecule has 0 aliphatic carbocycles. The Bertz CT molecular complexity index is 1080. The zero-order valence-electron chi connectivity index (χ0n) is 17.4. The summed E-state index contributed by atoms with van der Waals surface area (Å²) < 4.78 is 0. The standard InChI is InChI=1S/C26H26N2O2/c1-19-10-6-7-14-22(19)17-27-25(30)26(2)16-21-13-8-9-15-23(21)24(29)28(26)18-20-11-4-3-5-12-20/h3-15H,16-18H2,1-2H3,(H,27,30)/t26-/m0/s1. The molecule has 0 aromatic heterocycles. The van der Waals surface area contributed by atoms with Crippen molar-refractivity contribution >= 4 is 11.8 Å². The van der Waals surface area contributed by atoms with E-state index in [9.17, 15) is 9.59 Å². The minimum atomic E-state index is -0.968. The average molecular weight is 399 g/mol. The van der Waals surface area contributed by atoms with Crippen molar-refractivity contribution < 1.29 is 9.59 Å². The summed E-state index contributed by atoms with van der Waals surface area (Å²) in [7, 11) is 0. The molecule has 0 radical (unpaired) electrons. The normalized spacial score (nSPS) is 18.1. The summed E-state index contributed by atoms with van der Waals surface area (Å²) in [4.78, 5) is 28.6. The van der Waals surface area contributed by atoms with Crippen molar-refractivity contribution in [1.82, 2.24) is 10.2 Å². The molecule has 152 valence electrons. The van der Waals surface area contributed by atoms with Crippen molar-refractivity contribution in [3.63, 3.8) is 0 Å². The fourth-order valence-corrected chi connectivity index (χ4v) is 4.11. The average Bonchev–Trinajstić information content (AvgIpc) is 2.76. The highest BCUT2D eigenvalue weighted by Crippen LogP contribution is 2.32. The van der Waals surface area contributed by atoms with Crippen LogP contribution in [0.25, 0.3) is 0 Å². The van der Waals surface area contributed by atoms with Gasteiger partial charge in [-0.25, -0.2) is 0 Å². The number of nitrogens with zero attached hydrogens (tertiary/aromatic N) is 1. The molecule has 3 aromatic carbocycles. The summed E-state index contributed by atoms with van der Waals surface area (Å²) in [6.07, 6.45) is 0.487. The van der Waals surface area contributed by atoms with Gasteiger partial charge in [0.15, 0.2) is 0 Å². The van der Waals surface area contributed by atoms with Crippen molar-refractivity contribution in [2.75, 3.05) is 0 Å². The smallest absolute Gasteiger partial charge is 0.255 e. The van der Waals surface area contributed by atoms with E-state index in [2.05, 4.69) is 5.32 Å². The van der Waals surface area contributed by atoms with E-state index in [0.29, 0.717) is 25.1 Å². The van der Waals surface area contributed by atoms with Crippen LogP contribution >= 0.6 is 0 Å². The molecular weight excluding hydrogens is 372 g/mol. The lowest BCUT2D eigenvalue weighted by molar-refractivity contribution is -0.132. The van der Waals surface area contributed by atoms with Gasteiger partial charge in [0.2, 0.25) is 5.91 Å². The van der Waals surface area contributed by atoms with Gasteiger partial charge >= 0.3 is 0 Å². The van der Waals surface area contributed by atoms with Gasteiger partial charge in [-0.05, 0) is 42.2 Å².